The minimum absolute atomic E-state index is 0.747. The van der Waals surface area contributed by atoms with Crippen LogP contribution in [0.5, 0.6) is 0 Å². The van der Waals surface area contributed by atoms with Gasteiger partial charge in [0.05, 0.1) is 22.6 Å². The Morgan fingerprint density at radius 3 is 2.48 bits per heavy atom. The van der Waals surface area contributed by atoms with Gasteiger partial charge in [0.2, 0.25) is 0 Å². The lowest BCUT2D eigenvalue weighted by molar-refractivity contribution is 1.18. The summed E-state index contributed by atoms with van der Waals surface area (Å²) in [6.45, 7) is 7.23. The second-order valence-corrected chi connectivity index (χ2v) is 4.54. The Hall–Kier alpha value is -2.95. The number of hydrogen-bond acceptors (Lipinski definition) is 4. The third-order valence-corrected chi connectivity index (χ3v) is 3.37. The van der Waals surface area contributed by atoms with Crippen molar-refractivity contribution in [1.29, 1.82) is 0 Å². The largest absolute Gasteiger partial charge is 0.388 e. The summed E-state index contributed by atoms with van der Waals surface area (Å²) < 4.78 is 1.96. The van der Waals surface area contributed by atoms with Crippen molar-refractivity contribution < 1.29 is 0 Å². The van der Waals surface area contributed by atoms with Gasteiger partial charge < -0.3 is 9.72 Å². The summed E-state index contributed by atoms with van der Waals surface area (Å²) in [4.78, 5) is 12.8. The summed E-state index contributed by atoms with van der Waals surface area (Å²) in [5.41, 5.74) is 5.00. The van der Waals surface area contributed by atoms with Crippen LogP contribution in [-0.4, -0.2) is 29.9 Å². The van der Waals surface area contributed by atoms with Gasteiger partial charge in [0.1, 0.15) is 5.65 Å². The van der Waals surface area contributed by atoms with Crippen LogP contribution in [0.3, 0.4) is 0 Å². The number of hydrogen-bond donors (Lipinski definition) is 1. The fourth-order valence-electron chi connectivity index (χ4n) is 2.31. The lowest BCUT2D eigenvalue weighted by Crippen LogP contribution is -1.89. The van der Waals surface area contributed by atoms with Crippen LogP contribution in [0.25, 0.3) is 16.9 Å². The first-order valence-electron chi connectivity index (χ1n) is 6.50. The molecule has 0 spiro atoms. The molecule has 5 heteroatoms. The van der Waals surface area contributed by atoms with E-state index < -0.39 is 0 Å². The van der Waals surface area contributed by atoms with Gasteiger partial charge >= 0.3 is 0 Å². The number of rotatable bonds is 4. The molecule has 104 valence electrons. The molecule has 0 fully saturated rings. The van der Waals surface area contributed by atoms with Gasteiger partial charge in [-0.1, -0.05) is 6.07 Å². The minimum atomic E-state index is 0.747. The molecule has 0 aliphatic carbocycles. The maximum Gasteiger partial charge on any atom is 0.139 e. The number of fused-ring (bicyclic) bond motifs is 1. The molecule has 3 rings (SSSR count). The summed E-state index contributed by atoms with van der Waals surface area (Å²) in [6.07, 6.45) is 3.91. The van der Waals surface area contributed by atoms with Crippen molar-refractivity contribution in [1.82, 2.24) is 9.38 Å². The summed E-state index contributed by atoms with van der Waals surface area (Å²) >= 11 is 0. The van der Waals surface area contributed by atoms with Crippen LogP contribution >= 0.6 is 0 Å². The Kier molecular flexibility index (Phi) is 3.23. The zero-order chi connectivity index (χ0) is 14.8. The van der Waals surface area contributed by atoms with Crippen LogP contribution in [0.1, 0.15) is 0 Å². The number of imidazole rings is 1. The monoisotopic (exact) mass is 277 g/mol. The van der Waals surface area contributed by atoms with Gasteiger partial charge in [-0.3, -0.25) is 9.98 Å². The highest BCUT2D eigenvalue weighted by molar-refractivity contribution is 5.86. The fourth-order valence-corrected chi connectivity index (χ4v) is 2.31. The highest BCUT2D eigenvalue weighted by Crippen LogP contribution is 2.37. The molecule has 2 aromatic heterocycles. The maximum absolute atomic E-state index is 4.66. The van der Waals surface area contributed by atoms with Crippen LogP contribution in [0.2, 0.25) is 0 Å². The molecule has 0 aliphatic heterocycles. The number of aliphatic imine (C=N–C) groups is 2. The molecular formula is C16H15N5. The van der Waals surface area contributed by atoms with E-state index in [0.717, 1.165) is 34.0 Å². The molecule has 5 nitrogen and oxygen atoms in total. The molecule has 0 aliphatic rings. The molecule has 1 N–H and O–H groups in total. The highest BCUT2D eigenvalue weighted by atomic mass is 15.0. The highest BCUT2D eigenvalue weighted by Gasteiger charge is 2.13. The Labute approximate surface area is 122 Å². The first-order valence-corrected chi connectivity index (χ1v) is 6.50. The summed E-state index contributed by atoms with van der Waals surface area (Å²) in [6, 6.07) is 9.63. The first-order chi connectivity index (χ1) is 10.3. The zero-order valence-electron chi connectivity index (χ0n) is 11.7. The quantitative estimate of drug-likeness (QED) is 0.739. The van der Waals surface area contributed by atoms with Gasteiger partial charge in [-0.25, -0.2) is 4.98 Å². The van der Waals surface area contributed by atoms with E-state index in [1.165, 1.54) is 0 Å². The van der Waals surface area contributed by atoms with Crippen molar-refractivity contribution in [2.45, 2.75) is 0 Å². The average molecular weight is 277 g/mol. The molecular weight excluding hydrogens is 262 g/mol. The average Bonchev–Trinajstić information content (AvgIpc) is 2.96. The Morgan fingerprint density at radius 2 is 1.86 bits per heavy atom. The Morgan fingerprint density at radius 1 is 1.14 bits per heavy atom. The van der Waals surface area contributed by atoms with Crippen LogP contribution in [-0.2, 0) is 0 Å². The van der Waals surface area contributed by atoms with Gasteiger partial charge in [-0.05, 0) is 31.6 Å². The minimum Gasteiger partial charge on any atom is -0.388 e. The summed E-state index contributed by atoms with van der Waals surface area (Å²) in [5, 5.41) is 3.10. The van der Waals surface area contributed by atoms with E-state index in [0.29, 0.717) is 0 Å². The van der Waals surface area contributed by atoms with Gasteiger partial charge in [0.15, 0.2) is 0 Å². The van der Waals surface area contributed by atoms with E-state index in [1.54, 1.807) is 0 Å². The van der Waals surface area contributed by atoms with Crippen LogP contribution in [0, 0.1) is 0 Å². The van der Waals surface area contributed by atoms with E-state index in [9.17, 15) is 0 Å². The predicted molar refractivity (Wildman–Crippen MR) is 88.6 cm³/mol. The predicted octanol–water partition coefficient (Wildman–Crippen LogP) is 3.71. The molecule has 3 aromatic rings. The second-order valence-electron chi connectivity index (χ2n) is 4.54. The van der Waals surface area contributed by atoms with E-state index in [1.807, 2.05) is 54.2 Å². The molecule has 21 heavy (non-hydrogen) atoms. The SMILES string of the molecule is C=Nc1cccc(N=C)c1-c1cn2ccc(NC)cc2n1. The molecule has 0 saturated carbocycles. The van der Waals surface area contributed by atoms with Crippen molar-refractivity contribution in [3.63, 3.8) is 0 Å². The number of aromatic nitrogens is 2. The molecule has 0 radical (unpaired) electrons. The standard InChI is InChI=1S/C16H15N5/c1-17-11-7-8-21-10-14(20-15(21)9-11)16-12(18-2)5-4-6-13(16)19-3/h4-10,17H,2-3H2,1H3. The number of nitrogens with one attached hydrogen (secondary N) is 1. The van der Waals surface area contributed by atoms with E-state index in [4.69, 9.17) is 0 Å². The van der Waals surface area contributed by atoms with E-state index in [-0.39, 0.29) is 0 Å². The van der Waals surface area contributed by atoms with Crippen molar-refractivity contribution in [2.75, 3.05) is 12.4 Å². The van der Waals surface area contributed by atoms with E-state index >= 15 is 0 Å². The maximum atomic E-state index is 4.66. The Balaban J connectivity index is 2.25. The lowest BCUT2D eigenvalue weighted by Gasteiger charge is -2.05. The van der Waals surface area contributed by atoms with Crippen molar-refractivity contribution in [3.05, 3.63) is 42.7 Å². The topological polar surface area (TPSA) is 54.0 Å². The number of pyridine rings is 1. The van der Waals surface area contributed by atoms with Crippen molar-refractivity contribution in [3.8, 4) is 11.3 Å². The third kappa shape index (κ3) is 2.18. The lowest BCUT2D eigenvalue weighted by atomic mass is 10.1. The molecule has 0 saturated heterocycles. The fraction of sp³-hybridized carbons (Fsp3) is 0.0625. The molecule has 0 amide bonds. The number of nitrogens with zero attached hydrogens (tertiary/aromatic N) is 4. The number of benzene rings is 1. The molecule has 0 bridgehead atoms. The Bertz CT molecular complexity index is 806. The molecule has 1 aromatic carbocycles. The van der Waals surface area contributed by atoms with Crippen LogP contribution in [0.15, 0.2) is 52.7 Å². The van der Waals surface area contributed by atoms with E-state index in [2.05, 4.69) is 33.7 Å². The number of anilines is 1. The molecule has 0 unspecified atom stereocenters. The zero-order valence-corrected chi connectivity index (χ0v) is 11.7. The molecule has 0 atom stereocenters. The van der Waals surface area contributed by atoms with Gasteiger partial charge in [-0.2, -0.15) is 0 Å². The van der Waals surface area contributed by atoms with Crippen LogP contribution < -0.4 is 5.32 Å². The molecule has 2 heterocycles. The summed E-state index contributed by atoms with van der Waals surface area (Å²) in [5.74, 6) is 0. The second kappa shape index (κ2) is 5.20. The van der Waals surface area contributed by atoms with Crippen molar-refractivity contribution >= 4 is 36.1 Å². The van der Waals surface area contributed by atoms with Crippen molar-refractivity contribution in [2.24, 2.45) is 9.98 Å². The van der Waals surface area contributed by atoms with Crippen LogP contribution in [0.4, 0.5) is 17.1 Å². The van der Waals surface area contributed by atoms with Gasteiger partial charge in [0.25, 0.3) is 0 Å². The first kappa shape index (κ1) is 13.1. The summed E-state index contributed by atoms with van der Waals surface area (Å²) in [7, 11) is 1.88. The van der Waals surface area contributed by atoms with Gasteiger partial charge in [-0.15, -0.1) is 0 Å². The normalized spacial score (nSPS) is 10.5. The third-order valence-electron chi connectivity index (χ3n) is 3.37. The smallest absolute Gasteiger partial charge is 0.139 e. The van der Waals surface area contributed by atoms with Gasteiger partial charge in [0, 0.05) is 31.2 Å².